The summed E-state index contributed by atoms with van der Waals surface area (Å²) in [4.78, 5) is 0. The van der Waals surface area contributed by atoms with Crippen molar-refractivity contribution < 1.29 is 21.1 Å². The van der Waals surface area contributed by atoms with Crippen LogP contribution in [-0.2, 0) is 21.1 Å². The Labute approximate surface area is 89.1 Å². The van der Waals surface area contributed by atoms with E-state index in [4.69, 9.17) is 0 Å². The van der Waals surface area contributed by atoms with Crippen molar-refractivity contribution in [2.75, 3.05) is 0 Å². The second kappa shape index (κ2) is 32.0. The van der Waals surface area contributed by atoms with Gasteiger partial charge in [-0.3, -0.25) is 6.08 Å². The molecule has 1 heteroatoms. The van der Waals surface area contributed by atoms with Gasteiger partial charge in [0.1, 0.15) is 0 Å². The van der Waals surface area contributed by atoms with Crippen molar-refractivity contribution in [2.45, 2.75) is 6.42 Å². The van der Waals surface area contributed by atoms with Gasteiger partial charge in [0.2, 0.25) is 0 Å². The van der Waals surface area contributed by atoms with Crippen LogP contribution in [0, 0.1) is 43.2 Å². The van der Waals surface area contributed by atoms with Gasteiger partial charge in [-0.05, 0) is 0 Å². The second-order valence-electron chi connectivity index (χ2n) is 1.00. The summed E-state index contributed by atoms with van der Waals surface area (Å²) in [5.74, 6) is 0. The summed E-state index contributed by atoms with van der Waals surface area (Å²) in [5.41, 5.74) is 0. The van der Waals surface area contributed by atoms with E-state index in [0.29, 0.717) is 0 Å². The van der Waals surface area contributed by atoms with Crippen LogP contribution in [0.5, 0.6) is 0 Å². The molecular weight excluding hydrogens is 304 g/mol. The molecule has 11 heavy (non-hydrogen) atoms. The van der Waals surface area contributed by atoms with Crippen LogP contribution in [0.25, 0.3) is 0 Å². The zero-order chi connectivity index (χ0) is 3.54. The summed E-state index contributed by atoms with van der Waals surface area (Å²) < 4.78 is 0. The third-order valence-electron chi connectivity index (χ3n) is 0.586. The zero-order valence-corrected chi connectivity index (χ0v) is 11.3. The maximum Gasteiger partial charge on any atom is 0 e. The van der Waals surface area contributed by atoms with E-state index in [1.807, 2.05) is 12.2 Å². The van der Waals surface area contributed by atoms with Gasteiger partial charge in [-0.1, -0.05) is 0 Å². The molecule has 0 atom stereocenters. The molecule has 0 saturated carbocycles. The first-order chi connectivity index (χ1) is 2.50. The summed E-state index contributed by atoms with van der Waals surface area (Å²) in [7, 11) is 0. The van der Waals surface area contributed by atoms with E-state index < -0.39 is 0 Å². The van der Waals surface area contributed by atoms with E-state index >= 15 is 0 Å². The van der Waals surface area contributed by atoms with Crippen molar-refractivity contribution in [3.63, 3.8) is 0 Å². The topological polar surface area (TPSA) is 0 Å². The van der Waals surface area contributed by atoms with E-state index in [1.54, 1.807) is 0 Å². The molecule has 1 aliphatic rings. The Kier molecular flexibility index (Phi) is 126. The fourth-order valence-electron chi connectivity index (χ4n) is 0.340. The Bertz CT molecular complexity index is 62.9. The summed E-state index contributed by atoms with van der Waals surface area (Å²) >= 11 is 0. The molecule has 0 saturated heterocycles. The standard InChI is InChI=1S/C5H5.5CH3.W/c1-2-4-5-3-1;;;;;;/h1-3H,4H2;5*1H3;/q6*-1;. The van der Waals surface area contributed by atoms with Gasteiger partial charge in [0, 0.05) is 21.1 Å². The van der Waals surface area contributed by atoms with Crippen LogP contribution in [0.15, 0.2) is 18.2 Å². The van der Waals surface area contributed by atoms with Gasteiger partial charge in [-0.15, -0.1) is 6.42 Å². The number of hydrogen-bond acceptors (Lipinski definition) is 0. The maximum absolute atomic E-state index is 2.99. The van der Waals surface area contributed by atoms with Crippen LogP contribution in [0.4, 0.5) is 0 Å². The van der Waals surface area contributed by atoms with Gasteiger partial charge in [0.25, 0.3) is 0 Å². The van der Waals surface area contributed by atoms with Crippen molar-refractivity contribution in [2.24, 2.45) is 0 Å². The van der Waals surface area contributed by atoms with E-state index in [9.17, 15) is 0 Å². The molecule has 0 fully saturated rings. The van der Waals surface area contributed by atoms with Crippen LogP contribution in [0.2, 0.25) is 0 Å². The first-order valence-electron chi connectivity index (χ1n) is 1.72. The molecule has 0 heterocycles. The first-order valence-corrected chi connectivity index (χ1v) is 1.72. The van der Waals surface area contributed by atoms with Crippen LogP contribution in [0.3, 0.4) is 0 Å². The molecule has 0 nitrogen and oxygen atoms in total. The van der Waals surface area contributed by atoms with Gasteiger partial charge in [0.15, 0.2) is 0 Å². The molecule has 0 aromatic heterocycles. The molecule has 0 aromatic rings. The summed E-state index contributed by atoms with van der Waals surface area (Å²) in [6, 6.07) is 0. The minimum atomic E-state index is 0. The summed E-state index contributed by atoms with van der Waals surface area (Å²) in [6.07, 6.45) is 10.0. The van der Waals surface area contributed by atoms with Gasteiger partial charge >= 0.3 is 0 Å². The SMILES string of the molecule is [C-]1=CC=CC1.[CH3-].[CH3-].[CH3-].[CH3-].[CH3-].[W]. The fourth-order valence-corrected chi connectivity index (χ4v) is 0.340. The molecule has 0 amide bonds. The predicted octanol–water partition coefficient (Wildman–Crippen LogP) is 3.55. The van der Waals surface area contributed by atoms with Crippen LogP contribution < -0.4 is 0 Å². The van der Waals surface area contributed by atoms with E-state index in [-0.39, 0.29) is 58.2 Å². The molecular formula is C10H20W-6. The molecule has 1 aliphatic carbocycles. The Morgan fingerprint density at radius 1 is 0.909 bits per heavy atom. The van der Waals surface area contributed by atoms with Crippen molar-refractivity contribution in [3.05, 3.63) is 61.4 Å². The van der Waals surface area contributed by atoms with Crippen molar-refractivity contribution in [3.8, 4) is 0 Å². The molecule has 1 rings (SSSR count). The molecule has 0 spiro atoms. The predicted molar refractivity (Wildman–Crippen MR) is 53.6 cm³/mol. The Morgan fingerprint density at radius 2 is 1.36 bits per heavy atom. The quantitative estimate of drug-likeness (QED) is 0.598. The van der Waals surface area contributed by atoms with Gasteiger partial charge in [-0.2, -0.15) is 6.08 Å². The second-order valence-corrected chi connectivity index (χ2v) is 1.00. The zero-order valence-electron chi connectivity index (χ0n) is 8.35. The van der Waals surface area contributed by atoms with Crippen molar-refractivity contribution in [1.29, 1.82) is 0 Å². The largest absolute Gasteiger partial charge is 0.358 e. The van der Waals surface area contributed by atoms with Gasteiger partial charge in [-0.25, -0.2) is 12.2 Å². The van der Waals surface area contributed by atoms with Crippen molar-refractivity contribution >= 4 is 0 Å². The van der Waals surface area contributed by atoms with E-state index in [1.165, 1.54) is 0 Å². The van der Waals surface area contributed by atoms with E-state index in [2.05, 4.69) is 12.2 Å². The van der Waals surface area contributed by atoms with Crippen molar-refractivity contribution in [1.82, 2.24) is 0 Å². The molecule has 72 valence electrons. The Morgan fingerprint density at radius 3 is 1.45 bits per heavy atom. The Hall–Kier alpha value is 0.168. The molecule has 0 aromatic carbocycles. The molecule has 0 N–H and O–H groups in total. The fraction of sp³-hybridized carbons (Fsp3) is 0.100. The smallest absolute Gasteiger partial charge is 0 e. The normalized spacial score (nSPS) is 8.00. The minimum Gasteiger partial charge on any atom is -0.358 e. The molecule has 0 unspecified atom stereocenters. The minimum absolute atomic E-state index is 0. The number of allylic oxidation sites excluding steroid dienone is 4. The molecule has 0 aliphatic heterocycles. The van der Waals surface area contributed by atoms with Crippen LogP contribution >= 0.6 is 0 Å². The van der Waals surface area contributed by atoms with Crippen LogP contribution in [0.1, 0.15) is 6.42 Å². The summed E-state index contributed by atoms with van der Waals surface area (Å²) in [5, 5.41) is 0. The number of rotatable bonds is 0. The molecule has 0 radical (unpaired) electrons. The first kappa shape index (κ1) is 43.2. The third-order valence-corrected chi connectivity index (χ3v) is 0.586. The molecule has 0 bridgehead atoms. The van der Waals surface area contributed by atoms with Crippen LogP contribution in [-0.4, -0.2) is 0 Å². The number of hydrogen-bond donors (Lipinski definition) is 0. The Balaban J connectivity index is -0.0000000104. The summed E-state index contributed by atoms with van der Waals surface area (Å²) in [6.45, 7) is 0. The third kappa shape index (κ3) is 25.4. The van der Waals surface area contributed by atoms with Gasteiger partial charge in [0.05, 0.1) is 0 Å². The average molecular weight is 324 g/mol. The van der Waals surface area contributed by atoms with E-state index in [0.717, 1.165) is 6.42 Å². The monoisotopic (exact) mass is 324 g/mol. The maximum atomic E-state index is 2.99. The van der Waals surface area contributed by atoms with Gasteiger partial charge < -0.3 is 37.1 Å². The average Bonchev–Trinajstić information content (AvgIpc) is 1.76.